The quantitative estimate of drug-likeness (QED) is 0.867. The zero-order valence-electron chi connectivity index (χ0n) is 12.1. The Morgan fingerprint density at radius 2 is 1.86 bits per heavy atom. The molecule has 2 rings (SSSR count). The number of piperazine rings is 1. The van der Waals surface area contributed by atoms with Crippen molar-refractivity contribution in [3.8, 4) is 0 Å². The van der Waals surface area contributed by atoms with Gasteiger partial charge in [0, 0.05) is 44.2 Å². The molecule has 1 aliphatic rings. The molecule has 1 aliphatic heterocycles. The predicted molar refractivity (Wildman–Crippen MR) is 82.5 cm³/mol. The number of hydrogen-bond donors (Lipinski definition) is 1. The third-order valence-corrected chi connectivity index (χ3v) is 3.82. The number of hydrogen-bond acceptors (Lipinski definition) is 2. The van der Waals surface area contributed by atoms with E-state index in [1.165, 1.54) is 0 Å². The number of alkyl halides is 1. The number of halogens is 1. The van der Waals surface area contributed by atoms with Gasteiger partial charge in [0.05, 0.1) is 0 Å². The van der Waals surface area contributed by atoms with Crippen LogP contribution in [0, 0.1) is 0 Å². The molecule has 5 nitrogen and oxygen atoms in total. The normalized spacial score (nSPS) is 15.0. The maximum Gasteiger partial charge on any atom is 0.317 e. The lowest BCUT2D eigenvalue weighted by atomic mass is 10.1. The zero-order chi connectivity index (χ0) is 15.2. The largest absolute Gasteiger partial charge is 0.338 e. The molecule has 1 heterocycles. The first-order chi connectivity index (χ1) is 10.2. The number of carbonyl (C=O) groups is 2. The summed E-state index contributed by atoms with van der Waals surface area (Å²) in [5.41, 5.74) is 1.59. The summed E-state index contributed by atoms with van der Waals surface area (Å²) in [7, 11) is 0. The van der Waals surface area contributed by atoms with Crippen molar-refractivity contribution in [2.24, 2.45) is 0 Å². The number of urea groups is 1. The van der Waals surface area contributed by atoms with Crippen molar-refractivity contribution in [3.05, 3.63) is 35.4 Å². The first-order valence-corrected chi connectivity index (χ1v) is 7.66. The van der Waals surface area contributed by atoms with Gasteiger partial charge in [-0.2, -0.15) is 0 Å². The number of nitrogens with one attached hydrogen (secondary N) is 1. The van der Waals surface area contributed by atoms with Crippen LogP contribution in [0.15, 0.2) is 24.3 Å². The van der Waals surface area contributed by atoms with Gasteiger partial charge in [0.25, 0.3) is 5.91 Å². The summed E-state index contributed by atoms with van der Waals surface area (Å²) in [5, 5.41) is 2.77. The molecule has 6 heteroatoms. The van der Waals surface area contributed by atoms with Crippen LogP contribution in [-0.2, 0) is 5.88 Å². The van der Waals surface area contributed by atoms with Crippen molar-refractivity contribution in [2.45, 2.75) is 12.8 Å². The zero-order valence-corrected chi connectivity index (χ0v) is 12.9. The second-order valence-corrected chi connectivity index (χ2v) is 5.22. The molecule has 0 aliphatic carbocycles. The lowest BCUT2D eigenvalue weighted by Gasteiger charge is -2.34. The Labute approximate surface area is 129 Å². The van der Waals surface area contributed by atoms with E-state index in [1.54, 1.807) is 15.9 Å². The van der Waals surface area contributed by atoms with Crippen LogP contribution in [0.3, 0.4) is 0 Å². The maximum absolute atomic E-state index is 12.4. The van der Waals surface area contributed by atoms with Crippen LogP contribution in [0.2, 0.25) is 0 Å². The molecule has 114 valence electrons. The van der Waals surface area contributed by atoms with Crippen LogP contribution in [0.4, 0.5) is 4.79 Å². The van der Waals surface area contributed by atoms with Crippen LogP contribution in [0.25, 0.3) is 0 Å². The molecule has 3 amide bonds. The van der Waals surface area contributed by atoms with Gasteiger partial charge in [0.2, 0.25) is 0 Å². The fraction of sp³-hybridized carbons (Fsp3) is 0.467. The van der Waals surface area contributed by atoms with Crippen molar-refractivity contribution in [2.75, 3.05) is 32.7 Å². The Morgan fingerprint density at radius 1 is 1.19 bits per heavy atom. The van der Waals surface area contributed by atoms with Crippen LogP contribution in [-0.4, -0.2) is 54.5 Å². The summed E-state index contributed by atoms with van der Waals surface area (Å²) < 4.78 is 0. The molecule has 1 saturated heterocycles. The van der Waals surface area contributed by atoms with E-state index in [2.05, 4.69) is 5.32 Å². The van der Waals surface area contributed by atoms with E-state index in [4.69, 9.17) is 11.6 Å². The molecule has 0 atom stereocenters. The minimum atomic E-state index is -0.0614. The molecular weight excluding hydrogens is 290 g/mol. The van der Waals surface area contributed by atoms with Crippen LogP contribution in [0.1, 0.15) is 22.8 Å². The molecule has 21 heavy (non-hydrogen) atoms. The fourth-order valence-electron chi connectivity index (χ4n) is 2.35. The summed E-state index contributed by atoms with van der Waals surface area (Å²) in [6.07, 6.45) is 0. The molecule has 1 fully saturated rings. The monoisotopic (exact) mass is 309 g/mol. The Bertz CT molecular complexity index is 513. The van der Waals surface area contributed by atoms with Crippen LogP contribution >= 0.6 is 11.6 Å². The van der Waals surface area contributed by atoms with Gasteiger partial charge in [0.1, 0.15) is 0 Å². The second kappa shape index (κ2) is 7.31. The second-order valence-electron chi connectivity index (χ2n) is 4.95. The van der Waals surface area contributed by atoms with Crippen molar-refractivity contribution in [1.82, 2.24) is 15.1 Å². The van der Waals surface area contributed by atoms with Gasteiger partial charge in [-0.05, 0) is 24.6 Å². The molecule has 0 unspecified atom stereocenters. The number of rotatable bonds is 3. The maximum atomic E-state index is 12.4. The Hall–Kier alpha value is -1.75. The molecule has 0 aromatic heterocycles. The number of benzene rings is 1. The fourth-order valence-corrected chi connectivity index (χ4v) is 2.51. The molecular formula is C15H20ClN3O2. The van der Waals surface area contributed by atoms with Gasteiger partial charge < -0.3 is 15.1 Å². The Balaban J connectivity index is 1.95. The van der Waals surface area contributed by atoms with E-state index >= 15 is 0 Å². The van der Waals surface area contributed by atoms with Crippen molar-refractivity contribution >= 4 is 23.5 Å². The molecule has 0 radical (unpaired) electrons. The average Bonchev–Trinajstić information content (AvgIpc) is 2.54. The van der Waals surface area contributed by atoms with Gasteiger partial charge in [-0.1, -0.05) is 12.1 Å². The number of carbonyl (C=O) groups excluding carboxylic acids is 2. The minimum Gasteiger partial charge on any atom is -0.338 e. The molecule has 1 aromatic rings. The SMILES string of the molecule is CCNC(=O)N1CCN(C(=O)c2cccc(CCl)c2)CC1. The van der Waals surface area contributed by atoms with Gasteiger partial charge in [-0.25, -0.2) is 4.79 Å². The van der Waals surface area contributed by atoms with E-state index in [-0.39, 0.29) is 11.9 Å². The minimum absolute atomic E-state index is 0.00230. The van der Waals surface area contributed by atoms with Crippen LogP contribution < -0.4 is 5.32 Å². The Morgan fingerprint density at radius 3 is 2.48 bits per heavy atom. The lowest BCUT2D eigenvalue weighted by Crippen LogP contribution is -2.53. The first kappa shape index (κ1) is 15.6. The van der Waals surface area contributed by atoms with Crippen molar-refractivity contribution < 1.29 is 9.59 Å². The molecule has 0 bridgehead atoms. The highest BCUT2D eigenvalue weighted by Gasteiger charge is 2.24. The van der Waals surface area contributed by atoms with Crippen molar-refractivity contribution in [1.29, 1.82) is 0 Å². The van der Waals surface area contributed by atoms with E-state index in [9.17, 15) is 9.59 Å². The number of nitrogens with zero attached hydrogens (tertiary/aromatic N) is 2. The summed E-state index contributed by atoms with van der Waals surface area (Å²) >= 11 is 5.80. The third-order valence-electron chi connectivity index (χ3n) is 3.51. The highest BCUT2D eigenvalue weighted by Crippen LogP contribution is 2.12. The van der Waals surface area contributed by atoms with Crippen LogP contribution in [0.5, 0.6) is 0 Å². The summed E-state index contributed by atoms with van der Waals surface area (Å²) in [4.78, 5) is 27.7. The van der Waals surface area contributed by atoms with Crippen molar-refractivity contribution in [3.63, 3.8) is 0 Å². The van der Waals surface area contributed by atoms with Gasteiger partial charge in [-0.15, -0.1) is 11.6 Å². The summed E-state index contributed by atoms with van der Waals surface area (Å²) in [6.45, 7) is 4.74. The average molecular weight is 310 g/mol. The lowest BCUT2D eigenvalue weighted by molar-refractivity contribution is 0.0665. The topological polar surface area (TPSA) is 52.7 Å². The van der Waals surface area contributed by atoms with Gasteiger partial charge >= 0.3 is 6.03 Å². The van der Waals surface area contributed by atoms with E-state index in [0.29, 0.717) is 44.2 Å². The van der Waals surface area contributed by atoms with E-state index in [0.717, 1.165) is 5.56 Å². The molecule has 1 N–H and O–H groups in total. The third kappa shape index (κ3) is 3.88. The highest BCUT2D eigenvalue weighted by molar-refractivity contribution is 6.17. The summed E-state index contributed by atoms with van der Waals surface area (Å²) in [5.74, 6) is 0.393. The summed E-state index contributed by atoms with van der Waals surface area (Å²) in [6, 6.07) is 7.31. The smallest absolute Gasteiger partial charge is 0.317 e. The van der Waals surface area contributed by atoms with E-state index in [1.807, 2.05) is 25.1 Å². The Kier molecular flexibility index (Phi) is 5.44. The molecule has 1 aromatic carbocycles. The highest BCUT2D eigenvalue weighted by atomic mass is 35.5. The van der Waals surface area contributed by atoms with Gasteiger partial charge in [0.15, 0.2) is 0 Å². The number of amides is 3. The molecule has 0 spiro atoms. The standard InChI is InChI=1S/C15H20ClN3O2/c1-2-17-15(21)19-8-6-18(7-9-19)14(20)13-5-3-4-12(10-13)11-16/h3-5,10H,2,6-9,11H2,1H3,(H,17,21). The first-order valence-electron chi connectivity index (χ1n) is 7.12. The predicted octanol–water partition coefficient (Wildman–Crippen LogP) is 1.91. The molecule has 0 saturated carbocycles. The van der Waals surface area contributed by atoms with Gasteiger partial charge in [-0.3, -0.25) is 4.79 Å². The van der Waals surface area contributed by atoms with E-state index < -0.39 is 0 Å².